The van der Waals surface area contributed by atoms with E-state index in [1.807, 2.05) is 16.7 Å². The molecule has 0 spiro atoms. The van der Waals surface area contributed by atoms with Crippen LogP contribution in [-0.2, 0) is 0 Å². The van der Waals surface area contributed by atoms with Crippen LogP contribution in [0.3, 0.4) is 0 Å². The van der Waals surface area contributed by atoms with Crippen molar-refractivity contribution >= 4 is 23.0 Å². The maximum Gasteiger partial charge on any atom is 0.353 e. The number of halogens is 1. The standard InChI is InChI=1S/C18H23FN6O3/c1-2-22(11-12-26)17-16(25(27)28)18(21-13-20-17)24-9-7-23(8-10-24)15-6-4-3-5-14(15)19/h3-6,13,26H,2,7-12H2,1H3. The summed E-state index contributed by atoms with van der Waals surface area (Å²) in [6.07, 6.45) is 1.31. The summed E-state index contributed by atoms with van der Waals surface area (Å²) in [7, 11) is 0. The fourth-order valence-electron chi connectivity index (χ4n) is 3.39. The van der Waals surface area contributed by atoms with Crippen LogP contribution < -0.4 is 14.7 Å². The van der Waals surface area contributed by atoms with E-state index in [1.165, 1.54) is 12.4 Å². The van der Waals surface area contributed by atoms with Crippen LogP contribution in [0.5, 0.6) is 0 Å². The van der Waals surface area contributed by atoms with Crippen molar-refractivity contribution in [3.63, 3.8) is 0 Å². The summed E-state index contributed by atoms with van der Waals surface area (Å²) in [5.74, 6) is 0.163. The highest BCUT2D eigenvalue weighted by molar-refractivity contribution is 5.71. The highest BCUT2D eigenvalue weighted by atomic mass is 19.1. The molecule has 0 bridgehead atoms. The Morgan fingerprint density at radius 2 is 1.89 bits per heavy atom. The van der Waals surface area contributed by atoms with Gasteiger partial charge >= 0.3 is 5.69 Å². The smallest absolute Gasteiger partial charge is 0.353 e. The summed E-state index contributed by atoms with van der Waals surface area (Å²) < 4.78 is 14.0. The summed E-state index contributed by atoms with van der Waals surface area (Å²) >= 11 is 0. The van der Waals surface area contributed by atoms with Crippen LogP contribution in [-0.4, -0.2) is 65.9 Å². The Morgan fingerprint density at radius 3 is 2.50 bits per heavy atom. The van der Waals surface area contributed by atoms with Crippen molar-refractivity contribution in [2.75, 3.05) is 60.6 Å². The van der Waals surface area contributed by atoms with Crippen LogP contribution in [0.4, 0.5) is 27.4 Å². The number of aromatic nitrogens is 2. The van der Waals surface area contributed by atoms with Crippen molar-refractivity contribution in [3.05, 3.63) is 46.5 Å². The number of hydrogen-bond donors (Lipinski definition) is 1. The average molecular weight is 390 g/mol. The summed E-state index contributed by atoms with van der Waals surface area (Å²) in [4.78, 5) is 25.0. The molecule has 1 aromatic heterocycles. The molecule has 0 amide bonds. The predicted octanol–water partition coefficient (Wildman–Crippen LogP) is 1.67. The normalized spacial score (nSPS) is 14.2. The average Bonchev–Trinajstić information content (AvgIpc) is 2.72. The second-order valence-electron chi connectivity index (χ2n) is 6.36. The van der Waals surface area contributed by atoms with Gasteiger partial charge in [0.05, 0.1) is 17.2 Å². The Balaban J connectivity index is 1.84. The number of nitrogens with zero attached hydrogens (tertiary/aromatic N) is 6. The van der Waals surface area contributed by atoms with E-state index in [4.69, 9.17) is 0 Å². The van der Waals surface area contributed by atoms with Gasteiger partial charge in [0, 0.05) is 39.3 Å². The molecule has 1 aliphatic rings. The first-order valence-electron chi connectivity index (χ1n) is 9.16. The van der Waals surface area contributed by atoms with Crippen LogP contribution in [0.2, 0.25) is 0 Å². The Kier molecular flexibility index (Phi) is 6.19. The maximum absolute atomic E-state index is 14.0. The number of hydrogen-bond acceptors (Lipinski definition) is 8. The molecule has 1 aliphatic heterocycles. The first-order chi connectivity index (χ1) is 13.6. The van der Waals surface area contributed by atoms with E-state index < -0.39 is 4.92 Å². The molecule has 150 valence electrons. The SMILES string of the molecule is CCN(CCO)c1ncnc(N2CCN(c3ccccc3F)CC2)c1[N+](=O)[O-]. The Hall–Kier alpha value is -3.01. The summed E-state index contributed by atoms with van der Waals surface area (Å²) in [5.41, 5.74) is 0.359. The van der Waals surface area contributed by atoms with Crippen molar-refractivity contribution in [3.8, 4) is 0 Å². The van der Waals surface area contributed by atoms with E-state index in [2.05, 4.69) is 9.97 Å². The van der Waals surface area contributed by atoms with Gasteiger partial charge < -0.3 is 19.8 Å². The third kappa shape index (κ3) is 3.96. The summed E-state index contributed by atoms with van der Waals surface area (Å²) in [6.45, 7) is 4.40. The van der Waals surface area contributed by atoms with Gasteiger partial charge in [0.15, 0.2) is 0 Å². The molecule has 1 saturated heterocycles. The van der Waals surface area contributed by atoms with E-state index in [-0.39, 0.29) is 36.3 Å². The van der Waals surface area contributed by atoms with Gasteiger partial charge in [-0.05, 0) is 19.1 Å². The molecule has 3 rings (SSSR count). The predicted molar refractivity (Wildman–Crippen MR) is 104 cm³/mol. The fraction of sp³-hybridized carbons (Fsp3) is 0.444. The molecule has 1 fully saturated rings. The quantitative estimate of drug-likeness (QED) is 0.563. The van der Waals surface area contributed by atoms with Crippen LogP contribution >= 0.6 is 0 Å². The molecule has 2 aromatic rings. The molecular weight excluding hydrogens is 367 g/mol. The molecule has 1 N–H and O–H groups in total. The van der Waals surface area contributed by atoms with E-state index in [1.54, 1.807) is 23.1 Å². The number of aliphatic hydroxyl groups excluding tert-OH is 1. The zero-order valence-electron chi connectivity index (χ0n) is 15.7. The second-order valence-corrected chi connectivity index (χ2v) is 6.36. The number of para-hydroxylation sites is 1. The molecular formula is C18H23FN6O3. The minimum absolute atomic E-state index is 0.133. The monoisotopic (exact) mass is 390 g/mol. The number of benzene rings is 1. The molecule has 0 radical (unpaired) electrons. The van der Waals surface area contributed by atoms with Crippen molar-refractivity contribution in [2.24, 2.45) is 0 Å². The third-order valence-electron chi connectivity index (χ3n) is 4.79. The highest BCUT2D eigenvalue weighted by Gasteiger charge is 2.31. The van der Waals surface area contributed by atoms with Gasteiger partial charge in [0.25, 0.3) is 0 Å². The van der Waals surface area contributed by atoms with Crippen LogP contribution in [0.15, 0.2) is 30.6 Å². The van der Waals surface area contributed by atoms with Gasteiger partial charge in [0.2, 0.25) is 11.6 Å². The van der Waals surface area contributed by atoms with Crippen LogP contribution in [0, 0.1) is 15.9 Å². The lowest BCUT2D eigenvalue weighted by molar-refractivity contribution is -0.383. The first kappa shape index (κ1) is 19.7. The minimum Gasteiger partial charge on any atom is -0.395 e. The first-order valence-corrected chi connectivity index (χ1v) is 9.16. The minimum atomic E-state index is -0.478. The molecule has 9 nitrogen and oxygen atoms in total. The van der Waals surface area contributed by atoms with Gasteiger partial charge in [-0.2, -0.15) is 0 Å². The lowest BCUT2D eigenvalue weighted by atomic mass is 10.2. The molecule has 0 aliphatic carbocycles. The van der Waals surface area contributed by atoms with E-state index >= 15 is 0 Å². The molecule has 2 heterocycles. The van der Waals surface area contributed by atoms with Crippen LogP contribution in [0.1, 0.15) is 6.92 Å². The number of rotatable bonds is 7. The van der Waals surface area contributed by atoms with Gasteiger partial charge in [0.1, 0.15) is 12.1 Å². The lowest BCUT2D eigenvalue weighted by Gasteiger charge is -2.36. The molecule has 0 atom stereocenters. The Morgan fingerprint density at radius 1 is 1.21 bits per heavy atom. The van der Waals surface area contributed by atoms with E-state index in [0.29, 0.717) is 38.4 Å². The van der Waals surface area contributed by atoms with Crippen molar-refractivity contribution in [1.29, 1.82) is 0 Å². The van der Waals surface area contributed by atoms with E-state index in [9.17, 15) is 19.6 Å². The Labute approximate surface area is 162 Å². The zero-order valence-corrected chi connectivity index (χ0v) is 15.7. The van der Waals surface area contributed by atoms with Gasteiger partial charge in [-0.15, -0.1) is 0 Å². The summed E-state index contributed by atoms with van der Waals surface area (Å²) in [6, 6.07) is 6.58. The number of aliphatic hydroxyl groups is 1. The molecule has 28 heavy (non-hydrogen) atoms. The topological polar surface area (TPSA) is 98.9 Å². The van der Waals surface area contributed by atoms with Gasteiger partial charge in [-0.3, -0.25) is 10.1 Å². The van der Waals surface area contributed by atoms with Gasteiger partial charge in [-0.1, -0.05) is 12.1 Å². The second kappa shape index (κ2) is 8.79. The number of nitro groups is 1. The van der Waals surface area contributed by atoms with Crippen molar-refractivity contribution in [1.82, 2.24) is 9.97 Å². The Bertz CT molecular complexity index is 829. The van der Waals surface area contributed by atoms with Crippen molar-refractivity contribution < 1.29 is 14.4 Å². The largest absolute Gasteiger partial charge is 0.395 e. The molecule has 0 saturated carbocycles. The third-order valence-corrected chi connectivity index (χ3v) is 4.79. The van der Waals surface area contributed by atoms with Gasteiger partial charge in [-0.25, -0.2) is 14.4 Å². The fourth-order valence-corrected chi connectivity index (χ4v) is 3.39. The van der Waals surface area contributed by atoms with Crippen molar-refractivity contribution in [2.45, 2.75) is 6.92 Å². The van der Waals surface area contributed by atoms with E-state index in [0.717, 1.165) is 0 Å². The maximum atomic E-state index is 14.0. The molecule has 1 aromatic carbocycles. The summed E-state index contributed by atoms with van der Waals surface area (Å²) in [5, 5.41) is 21.0. The van der Waals surface area contributed by atoms with Crippen LogP contribution in [0.25, 0.3) is 0 Å². The highest BCUT2D eigenvalue weighted by Crippen LogP contribution is 2.34. The lowest BCUT2D eigenvalue weighted by Crippen LogP contribution is -2.47. The number of anilines is 3. The number of likely N-dealkylation sites (N-methyl/N-ethyl adjacent to an activating group) is 1. The molecule has 10 heteroatoms. The zero-order chi connectivity index (χ0) is 20.1. The molecule has 0 unspecified atom stereocenters. The number of piperazine rings is 1.